The zero-order valence-corrected chi connectivity index (χ0v) is 13.2. The minimum atomic E-state index is -0.981. The van der Waals surface area contributed by atoms with Crippen LogP contribution in [0.1, 0.15) is 24.5 Å². The van der Waals surface area contributed by atoms with E-state index in [0.29, 0.717) is 18.8 Å². The molecule has 1 aromatic rings. The number of hydrogen-bond acceptors (Lipinski definition) is 4. The first-order valence-electron chi connectivity index (χ1n) is 7.01. The molecule has 0 aliphatic rings. The van der Waals surface area contributed by atoms with Gasteiger partial charge in [-0.05, 0) is 44.0 Å². The molecular formula is C16H25NO4. The van der Waals surface area contributed by atoms with Gasteiger partial charge in [0, 0.05) is 26.7 Å². The number of ether oxygens (including phenoxy) is 2. The predicted molar refractivity (Wildman–Crippen MR) is 81.5 cm³/mol. The molecule has 0 aromatic heterocycles. The first kappa shape index (κ1) is 17.5. The Balaban J connectivity index is 2.37. The molecule has 0 saturated heterocycles. The van der Waals surface area contributed by atoms with E-state index in [1.54, 1.807) is 14.0 Å². The third kappa shape index (κ3) is 7.11. The lowest BCUT2D eigenvalue weighted by Crippen LogP contribution is -2.42. The summed E-state index contributed by atoms with van der Waals surface area (Å²) >= 11 is 0. The number of amides is 1. The van der Waals surface area contributed by atoms with E-state index < -0.39 is 5.60 Å². The highest BCUT2D eigenvalue weighted by atomic mass is 16.5. The molecule has 118 valence electrons. The van der Waals surface area contributed by atoms with Gasteiger partial charge in [-0.25, -0.2) is 0 Å². The van der Waals surface area contributed by atoms with Gasteiger partial charge in [0.25, 0.3) is 5.91 Å². The summed E-state index contributed by atoms with van der Waals surface area (Å²) in [6, 6.07) is 5.81. The van der Waals surface area contributed by atoms with Crippen LogP contribution in [-0.2, 0) is 9.53 Å². The summed E-state index contributed by atoms with van der Waals surface area (Å²) in [6.07, 6.45) is 0.460. The molecule has 1 aromatic carbocycles. The maximum atomic E-state index is 11.7. The highest BCUT2D eigenvalue weighted by Gasteiger charge is 2.20. The molecule has 0 aliphatic carbocycles. The topological polar surface area (TPSA) is 67.8 Å². The molecule has 0 heterocycles. The number of rotatable bonds is 8. The Labute approximate surface area is 126 Å². The number of hydrogen-bond donors (Lipinski definition) is 2. The van der Waals surface area contributed by atoms with Gasteiger partial charge in [0.1, 0.15) is 5.75 Å². The Morgan fingerprint density at radius 2 is 1.90 bits per heavy atom. The lowest BCUT2D eigenvalue weighted by atomic mass is 10.0. The standard InChI is InChI=1S/C16H25NO4/c1-12-7-13(2)9-14(8-12)21-10-15(18)17-11-16(3,19)5-6-20-4/h7-9,19H,5-6,10-11H2,1-4H3,(H,17,18). The predicted octanol–water partition coefficient (Wildman–Crippen LogP) is 1.59. The van der Waals surface area contributed by atoms with Gasteiger partial charge in [0.15, 0.2) is 6.61 Å². The molecule has 1 amide bonds. The smallest absolute Gasteiger partial charge is 0.258 e. The van der Waals surface area contributed by atoms with E-state index in [1.165, 1.54) is 0 Å². The van der Waals surface area contributed by atoms with Crippen LogP contribution in [0.2, 0.25) is 0 Å². The zero-order chi connectivity index (χ0) is 15.9. The van der Waals surface area contributed by atoms with Crippen molar-refractivity contribution in [2.24, 2.45) is 0 Å². The van der Waals surface area contributed by atoms with Crippen molar-refractivity contribution in [3.8, 4) is 5.75 Å². The van der Waals surface area contributed by atoms with Gasteiger partial charge in [-0.2, -0.15) is 0 Å². The van der Waals surface area contributed by atoms with Gasteiger partial charge in [-0.1, -0.05) is 6.07 Å². The van der Waals surface area contributed by atoms with E-state index >= 15 is 0 Å². The third-order valence-corrected chi connectivity index (χ3v) is 3.08. The van der Waals surface area contributed by atoms with Gasteiger partial charge in [0.2, 0.25) is 0 Å². The van der Waals surface area contributed by atoms with Gasteiger partial charge in [-0.3, -0.25) is 4.79 Å². The maximum Gasteiger partial charge on any atom is 0.258 e. The van der Waals surface area contributed by atoms with E-state index in [1.807, 2.05) is 32.0 Å². The van der Waals surface area contributed by atoms with Crippen LogP contribution in [0.5, 0.6) is 5.75 Å². The minimum Gasteiger partial charge on any atom is -0.484 e. The summed E-state index contributed by atoms with van der Waals surface area (Å²) < 4.78 is 10.4. The fourth-order valence-electron chi connectivity index (χ4n) is 1.92. The van der Waals surface area contributed by atoms with Crippen LogP contribution in [-0.4, -0.2) is 43.5 Å². The van der Waals surface area contributed by atoms with Crippen LogP contribution in [0.4, 0.5) is 0 Å². The SMILES string of the molecule is COCCC(C)(O)CNC(=O)COc1cc(C)cc(C)c1. The molecule has 0 saturated carbocycles. The second kappa shape index (κ2) is 8.00. The third-order valence-electron chi connectivity index (χ3n) is 3.08. The first-order valence-corrected chi connectivity index (χ1v) is 7.01. The second-order valence-electron chi connectivity index (χ2n) is 5.63. The van der Waals surface area contributed by atoms with Crippen molar-refractivity contribution in [1.29, 1.82) is 0 Å². The Bertz CT molecular complexity index is 451. The van der Waals surface area contributed by atoms with E-state index in [9.17, 15) is 9.90 Å². The Kier molecular flexibility index (Phi) is 6.65. The molecule has 21 heavy (non-hydrogen) atoms. The monoisotopic (exact) mass is 295 g/mol. The number of carbonyl (C=O) groups excluding carboxylic acids is 1. The molecule has 5 heteroatoms. The summed E-state index contributed by atoms with van der Waals surface area (Å²) in [5.74, 6) is 0.417. The van der Waals surface area contributed by atoms with Gasteiger partial charge in [0.05, 0.1) is 5.60 Å². The van der Waals surface area contributed by atoms with Crippen molar-refractivity contribution in [1.82, 2.24) is 5.32 Å². The lowest BCUT2D eigenvalue weighted by molar-refractivity contribution is -0.124. The van der Waals surface area contributed by atoms with E-state index in [2.05, 4.69) is 5.32 Å². The molecule has 1 rings (SSSR count). The van der Waals surface area contributed by atoms with Crippen molar-refractivity contribution in [3.63, 3.8) is 0 Å². The number of benzene rings is 1. The van der Waals surface area contributed by atoms with Gasteiger partial charge >= 0.3 is 0 Å². The van der Waals surface area contributed by atoms with Crippen molar-refractivity contribution < 1.29 is 19.4 Å². The Morgan fingerprint density at radius 1 is 1.29 bits per heavy atom. The average molecular weight is 295 g/mol. The highest BCUT2D eigenvalue weighted by molar-refractivity contribution is 5.77. The van der Waals surface area contributed by atoms with Crippen LogP contribution in [0.25, 0.3) is 0 Å². The summed E-state index contributed by atoms with van der Waals surface area (Å²) in [7, 11) is 1.58. The minimum absolute atomic E-state index is 0.0662. The van der Waals surface area contributed by atoms with Crippen molar-refractivity contribution in [2.45, 2.75) is 32.8 Å². The molecule has 0 fully saturated rings. The number of aryl methyl sites for hydroxylation is 2. The zero-order valence-electron chi connectivity index (χ0n) is 13.2. The Morgan fingerprint density at radius 3 is 2.48 bits per heavy atom. The second-order valence-corrected chi connectivity index (χ2v) is 5.63. The van der Waals surface area contributed by atoms with E-state index in [-0.39, 0.29) is 19.1 Å². The summed E-state index contributed by atoms with van der Waals surface area (Å²) in [4.78, 5) is 11.7. The highest BCUT2D eigenvalue weighted by Crippen LogP contribution is 2.16. The van der Waals surface area contributed by atoms with Crippen LogP contribution in [0.3, 0.4) is 0 Å². The fraction of sp³-hybridized carbons (Fsp3) is 0.562. The molecular weight excluding hydrogens is 270 g/mol. The number of nitrogens with one attached hydrogen (secondary N) is 1. The first-order chi connectivity index (χ1) is 9.82. The molecule has 1 unspecified atom stereocenters. The average Bonchev–Trinajstić information content (AvgIpc) is 2.40. The normalized spacial score (nSPS) is 13.6. The van der Waals surface area contributed by atoms with Crippen molar-refractivity contribution in [2.75, 3.05) is 26.9 Å². The molecule has 5 nitrogen and oxygen atoms in total. The van der Waals surface area contributed by atoms with Crippen LogP contribution < -0.4 is 10.1 Å². The number of methoxy groups -OCH3 is 1. The maximum absolute atomic E-state index is 11.7. The summed E-state index contributed by atoms with van der Waals surface area (Å²) in [5.41, 5.74) is 1.20. The molecule has 0 aliphatic heterocycles. The fourth-order valence-corrected chi connectivity index (χ4v) is 1.92. The quantitative estimate of drug-likeness (QED) is 0.764. The van der Waals surface area contributed by atoms with Crippen molar-refractivity contribution >= 4 is 5.91 Å². The Hall–Kier alpha value is -1.59. The van der Waals surface area contributed by atoms with Crippen LogP contribution >= 0.6 is 0 Å². The summed E-state index contributed by atoms with van der Waals surface area (Å²) in [6.45, 7) is 6.17. The van der Waals surface area contributed by atoms with E-state index in [0.717, 1.165) is 11.1 Å². The molecule has 0 spiro atoms. The molecule has 2 N–H and O–H groups in total. The molecule has 1 atom stereocenters. The molecule has 0 bridgehead atoms. The molecule has 0 radical (unpaired) electrons. The van der Waals surface area contributed by atoms with Crippen LogP contribution in [0.15, 0.2) is 18.2 Å². The lowest BCUT2D eigenvalue weighted by Gasteiger charge is -2.23. The number of aliphatic hydroxyl groups is 1. The largest absolute Gasteiger partial charge is 0.484 e. The van der Waals surface area contributed by atoms with Crippen molar-refractivity contribution in [3.05, 3.63) is 29.3 Å². The number of carbonyl (C=O) groups is 1. The van der Waals surface area contributed by atoms with Gasteiger partial charge < -0.3 is 19.9 Å². The van der Waals surface area contributed by atoms with Gasteiger partial charge in [-0.15, -0.1) is 0 Å². The van der Waals surface area contributed by atoms with E-state index in [4.69, 9.17) is 9.47 Å². The summed E-state index contributed by atoms with van der Waals surface area (Å²) in [5, 5.41) is 12.7. The van der Waals surface area contributed by atoms with Crippen LogP contribution in [0, 0.1) is 13.8 Å².